The van der Waals surface area contributed by atoms with Gasteiger partial charge in [-0.15, -0.1) is 12.4 Å². The minimum Gasteiger partial charge on any atom is -0.496 e. The van der Waals surface area contributed by atoms with Crippen LogP contribution in [0.1, 0.15) is 15.9 Å². The molecule has 6 heteroatoms. The van der Waals surface area contributed by atoms with Gasteiger partial charge in [0, 0.05) is 11.3 Å². The zero-order chi connectivity index (χ0) is 18.8. The number of aromatic amines is 1. The normalized spacial score (nSPS) is 10.4. The first-order valence-electron chi connectivity index (χ1n) is 8.66. The van der Waals surface area contributed by atoms with Crippen LogP contribution in [-0.4, -0.2) is 23.0 Å². The van der Waals surface area contributed by atoms with Crippen LogP contribution in [0, 0.1) is 6.92 Å². The summed E-state index contributed by atoms with van der Waals surface area (Å²) >= 11 is 0. The van der Waals surface area contributed by atoms with Crippen molar-refractivity contribution < 1.29 is 9.53 Å². The number of aromatic nitrogens is 2. The van der Waals surface area contributed by atoms with Gasteiger partial charge in [-0.3, -0.25) is 4.79 Å². The van der Waals surface area contributed by atoms with Crippen molar-refractivity contribution in [3.05, 3.63) is 77.9 Å². The number of benzene rings is 3. The SMILES string of the molecule is COc1ccccc1C(=O)Nc1cc(-c2nc3ccccc3[nH]2)ccc1C.Cl. The Kier molecular flexibility index (Phi) is 5.66. The number of carbonyl (C=O) groups is 1. The highest BCUT2D eigenvalue weighted by molar-refractivity contribution is 6.06. The van der Waals surface area contributed by atoms with Gasteiger partial charge in [0.15, 0.2) is 0 Å². The lowest BCUT2D eigenvalue weighted by Gasteiger charge is -2.12. The monoisotopic (exact) mass is 393 g/mol. The third-order valence-electron chi connectivity index (χ3n) is 4.50. The molecule has 0 bridgehead atoms. The largest absolute Gasteiger partial charge is 0.496 e. The fourth-order valence-corrected chi connectivity index (χ4v) is 3.02. The van der Waals surface area contributed by atoms with Gasteiger partial charge in [0.1, 0.15) is 11.6 Å². The first kappa shape index (κ1) is 19.5. The average Bonchev–Trinajstić information content (AvgIpc) is 3.13. The number of H-pyrrole nitrogens is 1. The molecule has 0 saturated carbocycles. The first-order valence-corrected chi connectivity index (χ1v) is 8.66. The highest BCUT2D eigenvalue weighted by atomic mass is 35.5. The molecule has 1 amide bonds. The van der Waals surface area contributed by atoms with Gasteiger partial charge >= 0.3 is 0 Å². The highest BCUT2D eigenvalue weighted by Crippen LogP contribution is 2.27. The maximum Gasteiger partial charge on any atom is 0.259 e. The summed E-state index contributed by atoms with van der Waals surface area (Å²) < 4.78 is 5.29. The summed E-state index contributed by atoms with van der Waals surface area (Å²) in [5.74, 6) is 1.10. The van der Waals surface area contributed by atoms with E-state index in [1.165, 1.54) is 0 Å². The molecule has 28 heavy (non-hydrogen) atoms. The molecule has 1 heterocycles. The van der Waals surface area contributed by atoms with Crippen LogP contribution in [-0.2, 0) is 0 Å². The van der Waals surface area contributed by atoms with Crippen LogP contribution in [0.2, 0.25) is 0 Å². The smallest absolute Gasteiger partial charge is 0.259 e. The minimum absolute atomic E-state index is 0. The van der Waals surface area contributed by atoms with E-state index >= 15 is 0 Å². The minimum atomic E-state index is -0.211. The van der Waals surface area contributed by atoms with Gasteiger partial charge < -0.3 is 15.0 Å². The number of nitrogens with one attached hydrogen (secondary N) is 2. The molecule has 1 aromatic heterocycles. The van der Waals surface area contributed by atoms with Crippen LogP contribution in [0.25, 0.3) is 22.4 Å². The Bertz CT molecular complexity index is 1100. The number of imidazole rings is 1. The van der Waals surface area contributed by atoms with Crippen LogP contribution < -0.4 is 10.1 Å². The van der Waals surface area contributed by atoms with Crippen molar-refractivity contribution in [2.75, 3.05) is 12.4 Å². The summed E-state index contributed by atoms with van der Waals surface area (Å²) in [6, 6.07) is 20.9. The lowest BCUT2D eigenvalue weighted by Crippen LogP contribution is -2.14. The van der Waals surface area contributed by atoms with Crippen molar-refractivity contribution in [1.82, 2.24) is 9.97 Å². The number of hydrogen-bond donors (Lipinski definition) is 2. The van der Waals surface area contributed by atoms with Crippen LogP contribution in [0.3, 0.4) is 0 Å². The van der Waals surface area contributed by atoms with Gasteiger partial charge in [-0.05, 0) is 42.8 Å². The molecule has 0 spiro atoms. The number of halogens is 1. The van der Waals surface area contributed by atoms with E-state index in [9.17, 15) is 4.79 Å². The first-order chi connectivity index (χ1) is 13.2. The molecule has 0 radical (unpaired) electrons. The molecule has 4 rings (SSSR count). The Morgan fingerprint density at radius 2 is 1.79 bits per heavy atom. The predicted molar refractivity (Wildman–Crippen MR) is 114 cm³/mol. The molecule has 0 fully saturated rings. The van der Waals surface area contributed by atoms with Crippen LogP contribution in [0.4, 0.5) is 5.69 Å². The van der Waals surface area contributed by atoms with Gasteiger partial charge in [0.05, 0.1) is 23.7 Å². The van der Waals surface area contributed by atoms with Gasteiger partial charge in [0.2, 0.25) is 0 Å². The maximum absolute atomic E-state index is 12.7. The highest BCUT2D eigenvalue weighted by Gasteiger charge is 2.14. The van der Waals surface area contributed by atoms with Crippen molar-refractivity contribution in [1.29, 1.82) is 0 Å². The quantitative estimate of drug-likeness (QED) is 0.499. The maximum atomic E-state index is 12.7. The summed E-state index contributed by atoms with van der Waals surface area (Å²) in [5.41, 5.74) is 5.00. The molecular formula is C22H20ClN3O2. The van der Waals surface area contributed by atoms with Crippen LogP contribution >= 0.6 is 12.4 Å². The number of carbonyl (C=O) groups excluding carboxylic acids is 1. The summed E-state index contributed by atoms with van der Waals surface area (Å²) in [7, 11) is 1.56. The van der Waals surface area contributed by atoms with Crippen molar-refractivity contribution >= 4 is 35.0 Å². The van der Waals surface area contributed by atoms with Crippen molar-refractivity contribution in [3.8, 4) is 17.1 Å². The zero-order valence-corrected chi connectivity index (χ0v) is 16.3. The molecule has 3 aromatic carbocycles. The molecule has 142 valence electrons. The lowest BCUT2D eigenvalue weighted by atomic mass is 10.1. The van der Waals surface area contributed by atoms with E-state index in [2.05, 4.69) is 15.3 Å². The summed E-state index contributed by atoms with van der Waals surface area (Å²) in [6.07, 6.45) is 0. The van der Waals surface area contributed by atoms with Crippen LogP contribution in [0.5, 0.6) is 5.75 Å². The number of aryl methyl sites for hydroxylation is 1. The number of para-hydroxylation sites is 3. The number of amides is 1. The van der Waals surface area contributed by atoms with Crippen molar-refractivity contribution in [2.24, 2.45) is 0 Å². The number of ether oxygens (including phenoxy) is 1. The number of methoxy groups -OCH3 is 1. The summed E-state index contributed by atoms with van der Waals surface area (Å²) in [4.78, 5) is 20.7. The third-order valence-corrected chi connectivity index (χ3v) is 4.50. The average molecular weight is 394 g/mol. The molecule has 0 unspecified atom stereocenters. The van der Waals surface area contributed by atoms with Crippen molar-refractivity contribution in [2.45, 2.75) is 6.92 Å². The van der Waals surface area contributed by atoms with E-state index in [4.69, 9.17) is 4.74 Å². The Morgan fingerprint density at radius 1 is 1.04 bits per heavy atom. The van der Waals surface area contributed by atoms with Gasteiger partial charge in [-0.1, -0.05) is 36.4 Å². The Balaban J connectivity index is 0.00000225. The standard InChI is InChI=1S/C22H19N3O2.ClH/c1-14-11-12-15(21-23-17-8-4-5-9-18(17)24-21)13-19(14)25-22(26)16-7-3-6-10-20(16)27-2;/h3-13H,1-2H3,(H,23,24)(H,25,26);1H. The molecule has 0 atom stereocenters. The Labute approximate surface area is 169 Å². The van der Waals surface area contributed by atoms with E-state index < -0.39 is 0 Å². The number of fused-ring (bicyclic) bond motifs is 1. The van der Waals surface area contributed by atoms with E-state index in [1.807, 2.05) is 61.5 Å². The second-order valence-corrected chi connectivity index (χ2v) is 6.29. The van der Waals surface area contributed by atoms with E-state index in [0.29, 0.717) is 11.3 Å². The molecule has 0 aliphatic heterocycles. The van der Waals surface area contributed by atoms with Gasteiger partial charge in [0.25, 0.3) is 5.91 Å². The molecule has 2 N–H and O–H groups in total. The topological polar surface area (TPSA) is 67.0 Å². The Morgan fingerprint density at radius 3 is 2.57 bits per heavy atom. The second-order valence-electron chi connectivity index (χ2n) is 6.29. The van der Waals surface area contributed by atoms with Crippen LogP contribution in [0.15, 0.2) is 66.7 Å². The third kappa shape index (κ3) is 3.70. The number of nitrogens with zero attached hydrogens (tertiary/aromatic N) is 1. The number of anilines is 1. The van der Waals surface area contributed by atoms with Gasteiger partial charge in [-0.2, -0.15) is 0 Å². The molecule has 0 aliphatic carbocycles. The lowest BCUT2D eigenvalue weighted by molar-refractivity contribution is 0.102. The Hall–Kier alpha value is -3.31. The summed E-state index contributed by atoms with van der Waals surface area (Å²) in [5, 5.41) is 2.98. The van der Waals surface area contributed by atoms with E-state index in [1.54, 1.807) is 19.2 Å². The predicted octanol–water partition coefficient (Wildman–Crippen LogP) is 5.22. The molecule has 0 saturated heterocycles. The fraction of sp³-hybridized carbons (Fsp3) is 0.0909. The number of hydrogen-bond acceptors (Lipinski definition) is 3. The van der Waals surface area contributed by atoms with Crippen molar-refractivity contribution in [3.63, 3.8) is 0 Å². The van der Waals surface area contributed by atoms with E-state index in [-0.39, 0.29) is 18.3 Å². The summed E-state index contributed by atoms with van der Waals surface area (Å²) in [6.45, 7) is 1.96. The second kappa shape index (κ2) is 8.15. The number of rotatable bonds is 4. The van der Waals surface area contributed by atoms with Gasteiger partial charge in [-0.25, -0.2) is 4.98 Å². The fourth-order valence-electron chi connectivity index (χ4n) is 3.02. The zero-order valence-electron chi connectivity index (χ0n) is 15.5. The molecule has 5 nitrogen and oxygen atoms in total. The molecule has 4 aromatic rings. The molecular weight excluding hydrogens is 374 g/mol. The molecule has 0 aliphatic rings. The van der Waals surface area contributed by atoms with E-state index in [0.717, 1.165) is 33.7 Å².